The van der Waals surface area contributed by atoms with Crippen molar-refractivity contribution in [1.29, 1.82) is 0 Å². The van der Waals surface area contributed by atoms with Gasteiger partial charge in [0, 0.05) is 9.50 Å². The summed E-state index contributed by atoms with van der Waals surface area (Å²) in [5.74, 6) is 0. The van der Waals surface area contributed by atoms with Crippen molar-refractivity contribution in [1.82, 2.24) is 0 Å². The van der Waals surface area contributed by atoms with E-state index in [1.807, 2.05) is 0 Å². The second-order valence-electron chi connectivity index (χ2n) is 4.53. The van der Waals surface area contributed by atoms with E-state index in [1.54, 1.807) is 18.2 Å². The van der Waals surface area contributed by atoms with Crippen LogP contribution in [0.3, 0.4) is 0 Å². The second-order valence-corrected chi connectivity index (χ2v) is 7.78. The molecule has 0 bridgehead atoms. The molecule has 1 N–H and O–H groups in total. The fourth-order valence-corrected chi connectivity index (χ4v) is 4.43. The third-order valence-electron chi connectivity index (χ3n) is 3.17. The fourth-order valence-electron chi connectivity index (χ4n) is 2.19. The van der Waals surface area contributed by atoms with E-state index >= 15 is 0 Å². The maximum absolute atomic E-state index is 12.2. The van der Waals surface area contributed by atoms with Crippen LogP contribution in [0.4, 0.5) is 5.69 Å². The minimum atomic E-state index is -3.31. The van der Waals surface area contributed by atoms with Gasteiger partial charge in [-0.05, 0) is 47.0 Å². The Bertz CT molecular complexity index is 527. The molecule has 3 nitrogen and oxygen atoms in total. The summed E-state index contributed by atoms with van der Waals surface area (Å²) < 4.78 is 27.8. The highest BCUT2D eigenvalue weighted by Gasteiger charge is 2.27. The van der Waals surface area contributed by atoms with Gasteiger partial charge in [-0.15, -0.1) is 0 Å². The van der Waals surface area contributed by atoms with Gasteiger partial charge in [0.25, 0.3) is 0 Å². The van der Waals surface area contributed by atoms with Crippen molar-refractivity contribution in [2.45, 2.75) is 37.4 Å². The monoisotopic (exact) mass is 351 g/mol. The molecule has 100 valence electrons. The quantitative estimate of drug-likeness (QED) is 0.887. The largest absolute Gasteiger partial charge is 0.282 e. The van der Waals surface area contributed by atoms with Gasteiger partial charge in [0.2, 0.25) is 10.0 Å². The molecule has 1 aliphatic carbocycles. The predicted molar refractivity (Wildman–Crippen MR) is 78.6 cm³/mol. The SMILES string of the molecule is O=S(=O)(Nc1cc(Cl)ccc1Br)C1CCCCC1. The van der Waals surface area contributed by atoms with E-state index in [0.29, 0.717) is 15.2 Å². The Labute approximate surface area is 121 Å². The number of nitrogens with one attached hydrogen (secondary N) is 1. The summed E-state index contributed by atoms with van der Waals surface area (Å²) in [4.78, 5) is 0. The standard InChI is InChI=1S/C12H15BrClNO2S/c13-11-7-6-9(14)8-12(11)15-18(16,17)10-4-2-1-3-5-10/h6-8,10,15H,1-5H2. The number of rotatable bonds is 3. The zero-order chi connectivity index (χ0) is 13.2. The van der Waals surface area contributed by atoms with Crippen LogP contribution >= 0.6 is 27.5 Å². The van der Waals surface area contributed by atoms with Crippen LogP contribution in [0.1, 0.15) is 32.1 Å². The third kappa shape index (κ3) is 3.39. The van der Waals surface area contributed by atoms with Gasteiger partial charge in [-0.1, -0.05) is 30.9 Å². The van der Waals surface area contributed by atoms with Gasteiger partial charge in [-0.2, -0.15) is 0 Å². The summed E-state index contributed by atoms with van der Waals surface area (Å²) in [5.41, 5.74) is 0.507. The summed E-state index contributed by atoms with van der Waals surface area (Å²) >= 11 is 9.20. The first kappa shape index (κ1) is 14.2. The van der Waals surface area contributed by atoms with Gasteiger partial charge in [-0.25, -0.2) is 8.42 Å². The maximum atomic E-state index is 12.2. The van der Waals surface area contributed by atoms with Gasteiger partial charge in [-0.3, -0.25) is 4.72 Å². The van der Waals surface area contributed by atoms with Crippen molar-refractivity contribution in [2.75, 3.05) is 4.72 Å². The van der Waals surface area contributed by atoms with Gasteiger partial charge in [0.15, 0.2) is 0 Å². The Hall–Kier alpha value is -0.260. The van der Waals surface area contributed by atoms with Crippen LogP contribution in [0, 0.1) is 0 Å². The van der Waals surface area contributed by atoms with Crippen LogP contribution in [0.25, 0.3) is 0 Å². The zero-order valence-corrected chi connectivity index (χ0v) is 13.0. The van der Waals surface area contributed by atoms with Crippen molar-refractivity contribution in [3.05, 3.63) is 27.7 Å². The number of sulfonamides is 1. The summed E-state index contributed by atoms with van der Waals surface area (Å²) in [5, 5.41) is 0.233. The van der Waals surface area contributed by atoms with Crippen molar-refractivity contribution in [3.63, 3.8) is 0 Å². The molecule has 0 heterocycles. The highest BCUT2D eigenvalue weighted by atomic mass is 79.9. The van der Waals surface area contributed by atoms with Crippen molar-refractivity contribution in [2.24, 2.45) is 0 Å². The molecule has 0 radical (unpaired) electrons. The molecule has 1 aliphatic rings. The minimum absolute atomic E-state index is 0.280. The number of halogens is 2. The molecule has 0 aromatic heterocycles. The van der Waals surface area contributed by atoms with Crippen LogP contribution in [0.5, 0.6) is 0 Å². The highest BCUT2D eigenvalue weighted by Crippen LogP contribution is 2.30. The molecule has 0 amide bonds. The lowest BCUT2D eigenvalue weighted by atomic mass is 10.0. The average molecular weight is 353 g/mol. The Morgan fingerprint density at radius 3 is 2.56 bits per heavy atom. The van der Waals surface area contributed by atoms with E-state index in [-0.39, 0.29) is 5.25 Å². The lowest BCUT2D eigenvalue weighted by Crippen LogP contribution is -2.29. The van der Waals surface area contributed by atoms with Gasteiger partial charge >= 0.3 is 0 Å². The molecule has 2 rings (SSSR count). The first-order valence-electron chi connectivity index (χ1n) is 5.96. The summed E-state index contributed by atoms with van der Waals surface area (Å²) in [6.45, 7) is 0. The first-order chi connectivity index (χ1) is 8.49. The molecule has 0 atom stereocenters. The number of hydrogen-bond acceptors (Lipinski definition) is 2. The molecular formula is C12H15BrClNO2S. The Morgan fingerprint density at radius 2 is 1.89 bits per heavy atom. The molecule has 1 aromatic rings. The Balaban J connectivity index is 2.18. The van der Waals surface area contributed by atoms with Gasteiger partial charge < -0.3 is 0 Å². The molecule has 1 saturated carbocycles. The van der Waals surface area contributed by atoms with Gasteiger partial charge in [0.1, 0.15) is 0 Å². The topological polar surface area (TPSA) is 46.2 Å². The summed E-state index contributed by atoms with van der Waals surface area (Å²) in [6.07, 6.45) is 4.60. The van der Waals surface area contributed by atoms with Crippen LogP contribution in [-0.4, -0.2) is 13.7 Å². The smallest absolute Gasteiger partial charge is 0.235 e. The van der Waals surface area contributed by atoms with Crippen LogP contribution in [0.15, 0.2) is 22.7 Å². The van der Waals surface area contributed by atoms with Crippen molar-refractivity contribution >= 4 is 43.2 Å². The minimum Gasteiger partial charge on any atom is -0.282 e. The van der Waals surface area contributed by atoms with E-state index < -0.39 is 10.0 Å². The first-order valence-corrected chi connectivity index (χ1v) is 8.67. The van der Waals surface area contributed by atoms with Gasteiger partial charge in [0.05, 0.1) is 10.9 Å². The van der Waals surface area contributed by atoms with Crippen molar-refractivity contribution in [3.8, 4) is 0 Å². The lowest BCUT2D eigenvalue weighted by Gasteiger charge is -2.22. The fraction of sp³-hybridized carbons (Fsp3) is 0.500. The van der Waals surface area contributed by atoms with E-state index in [0.717, 1.165) is 32.1 Å². The summed E-state index contributed by atoms with van der Waals surface area (Å²) in [7, 11) is -3.31. The Kier molecular flexibility index (Phi) is 4.56. The van der Waals surface area contributed by atoms with E-state index in [9.17, 15) is 8.42 Å². The highest BCUT2D eigenvalue weighted by molar-refractivity contribution is 9.10. The average Bonchev–Trinajstić information content (AvgIpc) is 2.35. The third-order valence-corrected chi connectivity index (χ3v) is 5.95. The zero-order valence-electron chi connectivity index (χ0n) is 9.83. The van der Waals surface area contributed by atoms with Crippen molar-refractivity contribution < 1.29 is 8.42 Å². The number of benzene rings is 1. The molecule has 0 spiro atoms. The van der Waals surface area contributed by atoms with Crippen LogP contribution in [0.2, 0.25) is 5.02 Å². The number of anilines is 1. The summed E-state index contributed by atoms with van der Waals surface area (Å²) in [6, 6.07) is 5.07. The lowest BCUT2D eigenvalue weighted by molar-refractivity contribution is 0.486. The maximum Gasteiger partial charge on any atom is 0.235 e. The van der Waals surface area contributed by atoms with Crippen LogP contribution in [-0.2, 0) is 10.0 Å². The predicted octanol–water partition coefficient (Wildman–Crippen LogP) is 4.18. The van der Waals surface area contributed by atoms with E-state index in [2.05, 4.69) is 20.7 Å². The molecule has 0 aliphatic heterocycles. The second kappa shape index (κ2) is 5.80. The molecule has 1 aromatic carbocycles. The molecule has 6 heteroatoms. The molecule has 1 fully saturated rings. The molecule has 0 unspecified atom stereocenters. The molecule has 0 saturated heterocycles. The Morgan fingerprint density at radius 1 is 1.22 bits per heavy atom. The van der Waals surface area contributed by atoms with E-state index in [4.69, 9.17) is 11.6 Å². The molecular weight excluding hydrogens is 338 g/mol. The number of hydrogen-bond donors (Lipinski definition) is 1. The van der Waals surface area contributed by atoms with Crippen LogP contribution < -0.4 is 4.72 Å². The molecule has 18 heavy (non-hydrogen) atoms. The van der Waals surface area contributed by atoms with E-state index in [1.165, 1.54) is 0 Å². The normalized spacial score (nSPS) is 17.7.